The van der Waals surface area contributed by atoms with Gasteiger partial charge >= 0.3 is 5.97 Å². The van der Waals surface area contributed by atoms with Crippen LogP contribution in [0.5, 0.6) is 0 Å². The minimum Gasteiger partial charge on any atom is -0.454 e. The first-order valence-electron chi connectivity index (χ1n) is 33.4. The van der Waals surface area contributed by atoms with Crippen LogP contribution in [0.15, 0.2) is 85.1 Å². The SMILES string of the molecule is CC/C=C\C/C=C\C/C=C\C/C=C\C/C=C\C/C=C\CCCC(O)C(=O)NC(COC1OC(CO)C(O)C(O)C1OC(=O)CCCCCCCCCCCCCCCCCCCCCCC)C(O)/C=C/CCCCCCCCCCC. The van der Waals surface area contributed by atoms with Crippen molar-refractivity contribution in [2.45, 2.75) is 333 Å². The molecule has 11 heteroatoms. The van der Waals surface area contributed by atoms with E-state index in [2.05, 4.69) is 92.9 Å². The first-order chi connectivity index (χ1) is 39.7. The van der Waals surface area contributed by atoms with Crippen LogP contribution >= 0.6 is 0 Å². The highest BCUT2D eigenvalue weighted by Gasteiger charge is 2.47. The van der Waals surface area contributed by atoms with Gasteiger partial charge in [-0.2, -0.15) is 0 Å². The maximum absolute atomic E-state index is 13.4. The minimum atomic E-state index is -1.62. The molecule has 1 fully saturated rings. The number of carbonyl (C=O) groups excluding carboxylic acids is 2. The Morgan fingerprint density at radius 1 is 0.494 bits per heavy atom. The predicted molar refractivity (Wildman–Crippen MR) is 338 cm³/mol. The molecule has 1 rings (SSSR count). The molecule has 6 N–H and O–H groups in total. The van der Waals surface area contributed by atoms with Crippen LogP contribution in [-0.4, -0.2) is 99.6 Å². The third-order valence-corrected chi connectivity index (χ3v) is 15.3. The Labute approximate surface area is 495 Å². The third kappa shape index (κ3) is 45.0. The van der Waals surface area contributed by atoms with Crippen molar-refractivity contribution in [3.63, 3.8) is 0 Å². The van der Waals surface area contributed by atoms with Crippen molar-refractivity contribution in [1.82, 2.24) is 5.32 Å². The fraction of sp³-hybridized carbons (Fsp3) is 0.771. The summed E-state index contributed by atoms with van der Waals surface area (Å²) in [4.78, 5) is 26.6. The maximum atomic E-state index is 13.4. The van der Waals surface area contributed by atoms with Crippen LogP contribution in [0.4, 0.5) is 0 Å². The summed E-state index contributed by atoms with van der Waals surface area (Å²) in [5, 5.41) is 57.0. The lowest BCUT2D eigenvalue weighted by Gasteiger charge is -2.41. The predicted octanol–water partition coefficient (Wildman–Crippen LogP) is 16.5. The molecule has 0 aromatic rings. The van der Waals surface area contributed by atoms with Crippen LogP contribution in [0.1, 0.15) is 284 Å². The number of amides is 1. The second-order valence-electron chi connectivity index (χ2n) is 22.8. The van der Waals surface area contributed by atoms with Crippen molar-refractivity contribution in [2.24, 2.45) is 0 Å². The first-order valence-corrected chi connectivity index (χ1v) is 33.4. The molecule has 8 unspecified atom stereocenters. The van der Waals surface area contributed by atoms with Gasteiger partial charge in [0, 0.05) is 6.42 Å². The molecule has 11 nitrogen and oxygen atoms in total. The summed E-state index contributed by atoms with van der Waals surface area (Å²) < 4.78 is 17.6. The van der Waals surface area contributed by atoms with Gasteiger partial charge in [0.15, 0.2) is 12.4 Å². The van der Waals surface area contributed by atoms with Gasteiger partial charge in [0.25, 0.3) is 0 Å². The first kappa shape index (κ1) is 75.9. The lowest BCUT2D eigenvalue weighted by Crippen LogP contribution is -2.61. The smallest absolute Gasteiger partial charge is 0.306 e. The van der Waals surface area contributed by atoms with E-state index in [9.17, 15) is 35.1 Å². The van der Waals surface area contributed by atoms with E-state index in [1.54, 1.807) is 6.08 Å². The van der Waals surface area contributed by atoms with Crippen LogP contribution in [0, 0.1) is 0 Å². The number of rotatable bonds is 56. The molecule has 8 atom stereocenters. The number of carbonyl (C=O) groups is 2. The fourth-order valence-electron chi connectivity index (χ4n) is 10.1. The topological polar surface area (TPSA) is 175 Å². The van der Waals surface area contributed by atoms with Crippen molar-refractivity contribution >= 4 is 11.9 Å². The molecule has 0 saturated carbocycles. The Morgan fingerprint density at radius 3 is 1.32 bits per heavy atom. The van der Waals surface area contributed by atoms with Crippen LogP contribution in [0.2, 0.25) is 0 Å². The van der Waals surface area contributed by atoms with Crippen LogP contribution < -0.4 is 5.32 Å². The second-order valence-corrected chi connectivity index (χ2v) is 22.8. The minimum absolute atomic E-state index is 0.119. The molecule has 0 aliphatic carbocycles. The monoisotopic (exact) mass is 1140 g/mol. The quantitative estimate of drug-likeness (QED) is 0.0195. The molecule has 468 valence electrons. The number of nitrogens with one attached hydrogen (secondary N) is 1. The van der Waals surface area contributed by atoms with Crippen molar-refractivity contribution in [3.05, 3.63) is 85.1 Å². The highest BCUT2D eigenvalue weighted by atomic mass is 16.7. The molecular weight excluding hydrogens is 1010 g/mol. The summed E-state index contributed by atoms with van der Waals surface area (Å²) in [7, 11) is 0. The van der Waals surface area contributed by atoms with Crippen molar-refractivity contribution in [3.8, 4) is 0 Å². The number of hydrogen-bond donors (Lipinski definition) is 6. The molecule has 1 aliphatic heterocycles. The van der Waals surface area contributed by atoms with E-state index in [0.29, 0.717) is 19.3 Å². The molecule has 0 aromatic carbocycles. The van der Waals surface area contributed by atoms with Gasteiger partial charge in [-0.05, 0) is 77.0 Å². The van der Waals surface area contributed by atoms with Crippen LogP contribution in [-0.2, 0) is 23.8 Å². The zero-order chi connectivity index (χ0) is 58.9. The highest BCUT2D eigenvalue weighted by molar-refractivity contribution is 5.80. The molecule has 0 radical (unpaired) electrons. The largest absolute Gasteiger partial charge is 0.454 e. The fourth-order valence-corrected chi connectivity index (χ4v) is 10.1. The van der Waals surface area contributed by atoms with E-state index < -0.39 is 67.4 Å². The summed E-state index contributed by atoms with van der Waals surface area (Å²) in [5.41, 5.74) is 0. The molecule has 1 heterocycles. The number of esters is 1. The molecule has 81 heavy (non-hydrogen) atoms. The van der Waals surface area contributed by atoms with Crippen molar-refractivity contribution in [1.29, 1.82) is 0 Å². The molecule has 0 aromatic heterocycles. The highest BCUT2D eigenvalue weighted by Crippen LogP contribution is 2.26. The lowest BCUT2D eigenvalue weighted by atomic mass is 9.99. The van der Waals surface area contributed by atoms with Crippen LogP contribution in [0.25, 0.3) is 0 Å². The number of allylic oxidation sites excluding steroid dienone is 13. The zero-order valence-electron chi connectivity index (χ0n) is 51.9. The third-order valence-electron chi connectivity index (χ3n) is 15.3. The molecule has 1 aliphatic rings. The van der Waals surface area contributed by atoms with Crippen molar-refractivity contribution < 1.29 is 49.3 Å². The Kier molecular flexibility index (Phi) is 53.6. The Balaban J connectivity index is 2.64. The number of aliphatic hydroxyl groups is 5. The molecule has 1 saturated heterocycles. The molecule has 0 bridgehead atoms. The van der Waals surface area contributed by atoms with Gasteiger partial charge in [-0.15, -0.1) is 0 Å². The van der Waals surface area contributed by atoms with Gasteiger partial charge in [0.2, 0.25) is 5.91 Å². The average molecular weight is 1140 g/mol. The van der Waals surface area contributed by atoms with Gasteiger partial charge in [-0.25, -0.2) is 0 Å². The van der Waals surface area contributed by atoms with Gasteiger partial charge in [0.05, 0.1) is 25.4 Å². The zero-order valence-corrected chi connectivity index (χ0v) is 51.9. The number of ether oxygens (including phenoxy) is 3. The Hall–Kier alpha value is -3.16. The van der Waals surface area contributed by atoms with E-state index in [1.807, 2.05) is 12.2 Å². The Bertz CT molecular complexity index is 1640. The summed E-state index contributed by atoms with van der Waals surface area (Å²) in [6, 6.07) is -1.05. The van der Waals surface area contributed by atoms with Gasteiger partial charge < -0.3 is 45.1 Å². The number of aliphatic hydroxyl groups excluding tert-OH is 5. The van der Waals surface area contributed by atoms with E-state index in [-0.39, 0.29) is 19.4 Å². The van der Waals surface area contributed by atoms with Gasteiger partial charge in [-0.3, -0.25) is 9.59 Å². The molecule has 1 amide bonds. The van der Waals surface area contributed by atoms with E-state index >= 15 is 0 Å². The van der Waals surface area contributed by atoms with Crippen molar-refractivity contribution in [2.75, 3.05) is 13.2 Å². The van der Waals surface area contributed by atoms with E-state index in [1.165, 1.54) is 148 Å². The van der Waals surface area contributed by atoms with E-state index in [4.69, 9.17) is 14.2 Å². The lowest BCUT2D eigenvalue weighted by molar-refractivity contribution is -0.305. The Morgan fingerprint density at radius 2 is 0.889 bits per heavy atom. The second kappa shape index (κ2) is 57.3. The summed E-state index contributed by atoms with van der Waals surface area (Å²) in [5.74, 6) is -1.24. The van der Waals surface area contributed by atoms with Gasteiger partial charge in [0.1, 0.15) is 24.4 Å². The summed E-state index contributed by atoms with van der Waals surface area (Å²) in [6.45, 7) is 5.66. The summed E-state index contributed by atoms with van der Waals surface area (Å²) >= 11 is 0. The maximum Gasteiger partial charge on any atom is 0.306 e. The van der Waals surface area contributed by atoms with E-state index in [0.717, 1.165) is 83.5 Å². The normalized spacial score (nSPS) is 19.2. The molecular formula is C70H123NO10. The van der Waals surface area contributed by atoms with Crippen LogP contribution in [0.3, 0.4) is 0 Å². The average Bonchev–Trinajstić information content (AvgIpc) is 3.51. The van der Waals surface area contributed by atoms with Gasteiger partial charge in [-0.1, -0.05) is 286 Å². The number of unbranched alkanes of at least 4 members (excludes halogenated alkanes) is 30. The standard InChI is InChI=1S/C70H123NO10/c1-4-7-10-13-16-19-22-24-26-28-30-32-34-36-38-40-43-46-49-52-55-58-65(75)81-68-67(77)66(76)64(59-72)80-70(68)79-60-61(62(73)56-53-50-47-44-41-21-18-15-12-9-6-3)71-69(78)63(74)57-54-51-48-45-42-39-37-35-33-31-29-27-25-23-20-17-14-11-8-5-2/h8,11,17,20,25,27,31,33,37,39,45,48,53,56,61-64,66-68,70,72-74,76-77H,4-7,9-10,12-16,18-19,21-24,26,28-30,32,34-36,38,40-44,46-47,49-52,54-55,57-60H2,1-3H3,(H,71,78)/b11-8-,20-17-,27-25-,33-31-,39-37-,48-45-,56-53+. The molecule has 0 spiro atoms. The number of hydrogen-bond acceptors (Lipinski definition) is 10. The summed E-state index contributed by atoms with van der Waals surface area (Å²) in [6.07, 6.45) is 64.9.